The number of ether oxygens (including phenoxy) is 2. The largest absolute Gasteiger partial charge is 0.497 e. The van der Waals surface area contributed by atoms with Gasteiger partial charge in [0.25, 0.3) is 0 Å². The Kier molecular flexibility index (Phi) is 7.31. The van der Waals surface area contributed by atoms with Gasteiger partial charge in [0, 0.05) is 19.0 Å². The van der Waals surface area contributed by atoms with Crippen LogP contribution in [0.25, 0.3) is 0 Å². The first-order valence-electron chi connectivity index (χ1n) is 8.48. The fraction of sp³-hybridized carbons (Fsp3) is 0.300. The van der Waals surface area contributed by atoms with Crippen LogP contribution in [0.4, 0.5) is 8.78 Å². The molecule has 28 heavy (non-hydrogen) atoms. The van der Waals surface area contributed by atoms with E-state index in [1.807, 2.05) is 0 Å². The number of carboxylic acid groups (broad SMARTS) is 1. The maximum atomic E-state index is 13.8. The fourth-order valence-electron chi connectivity index (χ4n) is 2.71. The lowest BCUT2D eigenvalue weighted by molar-refractivity contribution is -0.144. The minimum Gasteiger partial charge on any atom is -0.497 e. The van der Waals surface area contributed by atoms with Crippen molar-refractivity contribution < 1.29 is 33.0 Å². The first-order chi connectivity index (χ1) is 13.3. The summed E-state index contributed by atoms with van der Waals surface area (Å²) in [6.45, 7) is -0.520. The number of hydrogen-bond donors (Lipinski definition) is 1. The quantitative estimate of drug-likeness (QED) is 0.709. The van der Waals surface area contributed by atoms with Gasteiger partial charge in [-0.05, 0) is 35.7 Å². The molecule has 2 aromatic rings. The van der Waals surface area contributed by atoms with Gasteiger partial charge in [-0.25, -0.2) is 8.78 Å². The first-order valence-corrected chi connectivity index (χ1v) is 8.48. The monoisotopic (exact) mass is 393 g/mol. The molecule has 6 nitrogen and oxygen atoms in total. The van der Waals surface area contributed by atoms with E-state index in [-0.39, 0.29) is 24.9 Å². The van der Waals surface area contributed by atoms with Crippen LogP contribution in [0.3, 0.4) is 0 Å². The molecule has 150 valence electrons. The standard InChI is InChI=1S/C20H21F2NO5/c1-27-15-8-13(9-16(10-15)28-2)11-23(12-19(25)26)18(24)7-6-14-4-3-5-17(21)20(14)22/h3-5,8-10H,6-7,11-12H2,1-2H3,(H,25,26). The zero-order valence-electron chi connectivity index (χ0n) is 15.6. The van der Waals surface area contributed by atoms with Crippen molar-refractivity contribution in [3.63, 3.8) is 0 Å². The maximum absolute atomic E-state index is 13.8. The maximum Gasteiger partial charge on any atom is 0.323 e. The second-order valence-electron chi connectivity index (χ2n) is 6.08. The van der Waals surface area contributed by atoms with E-state index < -0.39 is 30.1 Å². The van der Waals surface area contributed by atoms with E-state index >= 15 is 0 Å². The van der Waals surface area contributed by atoms with Gasteiger partial charge in [0.2, 0.25) is 5.91 Å². The Morgan fingerprint density at radius 2 is 1.71 bits per heavy atom. The summed E-state index contributed by atoms with van der Waals surface area (Å²) in [6, 6.07) is 8.72. The second-order valence-corrected chi connectivity index (χ2v) is 6.08. The SMILES string of the molecule is COc1cc(CN(CC(=O)O)C(=O)CCc2cccc(F)c2F)cc(OC)c1. The summed E-state index contributed by atoms with van der Waals surface area (Å²) in [7, 11) is 2.96. The third-order valence-electron chi connectivity index (χ3n) is 4.10. The van der Waals surface area contributed by atoms with Crippen molar-refractivity contribution in [2.45, 2.75) is 19.4 Å². The third-order valence-corrected chi connectivity index (χ3v) is 4.10. The van der Waals surface area contributed by atoms with Crippen LogP contribution in [0.2, 0.25) is 0 Å². The zero-order chi connectivity index (χ0) is 20.7. The van der Waals surface area contributed by atoms with Crippen molar-refractivity contribution in [2.75, 3.05) is 20.8 Å². The molecule has 0 aliphatic carbocycles. The molecule has 1 amide bonds. The molecule has 0 atom stereocenters. The molecule has 8 heteroatoms. The van der Waals surface area contributed by atoms with Crippen molar-refractivity contribution in [3.8, 4) is 11.5 Å². The minimum atomic E-state index is -1.18. The van der Waals surface area contributed by atoms with Crippen molar-refractivity contribution >= 4 is 11.9 Å². The third kappa shape index (κ3) is 5.67. The topological polar surface area (TPSA) is 76.1 Å². The van der Waals surface area contributed by atoms with Gasteiger partial charge in [-0.2, -0.15) is 0 Å². The summed E-state index contributed by atoms with van der Waals surface area (Å²) in [6.07, 6.45) is -0.200. The number of carboxylic acids is 1. The van der Waals surface area contributed by atoms with E-state index in [4.69, 9.17) is 14.6 Å². The van der Waals surface area contributed by atoms with Gasteiger partial charge in [-0.3, -0.25) is 9.59 Å². The van der Waals surface area contributed by atoms with Crippen LogP contribution in [-0.2, 0) is 22.6 Å². The predicted octanol–water partition coefficient (Wildman–Crippen LogP) is 3.03. The van der Waals surface area contributed by atoms with E-state index in [1.54, 1.807) is 18.2 Å². The number of amides is 1. The summed E-state index contributed by atoms with van der Waals surface area (Å²) < 4.78 is 37.4. The van der Waals surface area contributed by atoms with E-state index in [2.05, 4.69) is 0 Å². The van der Waals surface area contributed by atoms with Crippen molar-refractivity contribution in [2.24, 2.45) is 0 Å². The lowest BCUT2D eigenvalue weighted by Gasteiger charge is -2.21. The van der Waals surface area contributed by atoms with Gasteiger partial charge < -0.3 is 19.5 Å². The number of aliphatic carboxylic acids is 1. The molecule has 0 unspecified atom stereocenters. The van der Waals surface area contributed by atoms with Gasteiger partial charge in [0.1, 0.15) is 18.0 Å². The molecule has 0 spiro atoms. The molecular weight excluding hydrogens is 372 g/mol. The molecule has 0 fully saturated rings. The first kappa shape index (κ1) is 21.1. The highest BCUT2D eigenvalue weighted by Gasteiger charge is 2.19. The van der Waals surface area contributed by atoms with Crippen LogP contribution in [0, 0.1) is 11.6 Å². The van der Waals surface area contributed by atoms with E-state index in [0.29, 0.717) is 17.1 Å². The smallest absolute Gasteiger partial charge is 0.323 e. The van der Waals surface area contributed by atoms with Crippen LogP contribution in [0.15, 0.2) is 36.4 Å². The van der Waals surface area contributed by atoms with Crippen molar-refractivity contribution in [3.05, 3.63) is 59.2 Å². The average Bonchev–Trinajstić information content (AvgIpc) is 2.67. The summed E-state index contributed by atoms with van der Waals surface area (Å²) in [5, 5.41) is 9.13. The molecule has 2 aromatic carbocycles. The van der Waals surface area contributed by atoms with Gasteiger partial charge in [0.05, 0.1) is 14.2 Å². The molecule has 2 rings (SSSR count). The minimum absolute atomic E-state index is 0.00429. The Balaban J connectivity index is 2.15. The molecule has 1 N–H and O–H groups in total. The van der Waals surface area contributed by atoms with Crippen LogP contribution < -0.4 is 9.47 Å². The highest BCUT2D eigenvalue weighted by molar-refractivity contribution is 5.81. The Labute approximate surface area is 161 Å². The Hall–Kier alpha value is -3.16. The lowest BCUT2D eigenvalue weighted by Crippen LogP contribution is -2.35. The number of carbonyl (C=O) groups is 2. The van der Waals surface area contributed by atoms with Crippen LogP contribution in [-0.4, -0.2) is 42.6 Å². The second kappa shape index (κ2) is 9.68. The van der Waals surface area contributed by atoms with Gasteiger partial charge in [0.15, 0.2) is 11.6 Å². The highest BCUT2D eigenvalue weighted by Crippen LogP contribution is 2.24. The number of hydrogen-bond acceptors (Lipinski definition) is 4. The summed E-state index contributed by atoms with van der Waals surface area (Å²) in [5.74, 6) is -2.67. The van der Waals surface area contributed by atoms with E-state index in [0.717, 1.165) is 11.0 Å². The molecule has 0 aliphatic heterocycles. The number of nitrogens with zero attached hydrogens (tertiary/aromatic N) is 1. The number of benzene rings is 2. The molecule has 0 saturated carbocycles. The Morgan fingerprint density at radius 1 is 1.07 bits per heavy atom. The lowest BCUT2D eigenvalue weighted by atomic mass is 10.1. The molecule has 0 bridgehead atoms. The Morgan fingerprint density at radius 3 is 2.29 bits per heavy atom. The van der Waals surface area contributed by atoms with E-state index in [9.17, 15) is 18.4 Å². The molecule has 0 aliphatic rings. The normalized spacial score (nSPS) is 10.4. The molecule has 0 heterocycles. The Bertz CT molecular complexity index is 834. The molecule has 0 saturated heterocycles. The highest BCUT2D eigenvalue weighted by atomic mass is 19.2. The van der Waals surface area contributed by atoms with Gasteiger partial charge in [-0.1, -0.05) is 12.1 Å². The number of methoxy groups -OCH3 is 2. The number of rotatable bonds is 9. The molecule has 0 aromatic heterocycles. The zero-order valence-corrected chi connectivity index (χ0v) is 15.6. The summed E-state index contributed by atoms with van der Waals surface area (Å²) in [4.78, 5) is 24.8. The van der Waals surface area contributed by atoms with Crippen LogP contribution in [0.5, 0.6) is 11.5 Å². The van der Waals surface area contributed by atoms with Gasteiger partial charge in [-0.15, -0.1) is 0 Å². The molecular formula is C20H21F2NO5. The number of halogens is 2. The van der Waals surface area contributed by atoms with Crippen molar-refractivity contribution in [1.82, 2.24) is 4.90 Å². The van der Waals surface area contributed by atoms with Crippen LogP contribution in [0.1, 0.15) is 17.5 Å². The van der Waals surface area contributed by atoms with Gasteiger partial charge >= 0.3 is 5.97 Å². The molecule has 0 radical (unpaired) electrons. The summed E-state index contributed by atoms with van der Waals surface area (Å²) >= 11 is 0. The number of aryl methyl sites for hydroxylation is 1. The van der Waals surface area contributed by atoms with Crippen molar-refractivity contribution in [1.29, 1.82) is 0 Å². The average molecular weight is 393 g/mol. The predicted molar refractivity (Wildman–Crippen MR) is 97.3 cm³/mol. The summed E-state index contributed by atoms with van der Waals surface area (Å²) in [5.41, 5.74) is 0.675. The fourth-order valence-corrected chi connectivity index (χ4v) is 2.71. The number of carbonyl (C=O) groups excluding carboxylic acids is 1. The van der Waals surface area contributed by atoms with Crippen LogP contribution >= 0.6 is 0 Å². The van der Waals surface area contributed by atoms with E-state index in [1.165, 1.54) is 26.4 Å².